The van der Waals surface area contributed by atoms with Crippen molar-refractivity contribution < 1.29 is 0 Å². The van der Waals surface area contributed by atoms with Crippen LogP contribution in [0.15, 0.2) is 36.4 Å². The molecule has 0 bridgehead atoms. The predicted molar refractivity (Wildman–Crippen MR) is 89.4 cm³/mol. The Morgan fingerprint density at radius 1 is 1.10 bits per heavy atom. The average molecular weight is 329 g/mol. The van der Waals surface area contributed by atoms with E-state index in [1.165, 1.54) is 0 Å². The lowest BCUT2D eigenvalue weighted by Gasteiger charge is -2.05. The highest BCUT2D eigenvalue weighted by Crippen LogP contribution is 2.39. The van der Waals surface area contributed by atoms with E-state index in [2.05, 4.69) is 11.1 Å². The van der Waals surface area contributed by atoms with Crippen LogP contribution in [0.25, 0.3) is 31.2 Å². The Bertz CT molecular complexity index is 1080. The number of nitrogens with zero attached hydrogens (tertiary/aromatic N) is 2. The van der Waals surface area contributed by atoms with E-state index < -0.39 is 0 Å². The molecule has 2 aromatic heterocycles. The smallest absolute Gasteiger partial charge is 0.126 e. The monoisotopic (exact) mass is 328 g/mol. The summed E-state index contributed by atoms with van der Waals surface area (Å²) < 4.78 is 1.11. The van der Waals surface area contributed by atoms with Crippen molar-refractivity contribution in [1.82, 2.24) is 4.98 Å². The van der Waals surface area contributed by atoms with Crippen LogP contribution in [0.1, 0.15) is 5.56 Å². The summed E-state index contributed by atoms with van der Waals surface area (Å²) in [4.78, 5) is 5.46. The second-order valence-electron chi connectivity index (χ2n) is 4.66. The summed E-state index contributed by atoms with van der Waals surface area (Å²) in [6, 6.07) is 13.7. The van der Waals surface area contributed by atoms with Gasteiger partial charge >= 0.3 is 0 Å². The van der Waals surface area contributed by atoms with Crippen molar-refractivity contribution in [2.75, 3.05) is 0 Å². The second kappa shape index (κ2) is 4.57. The molecule has 0 unspecified atom stereocenters. The van der Waals surface area contributed by atoms with Gasteiger partial charge in [-0.1, -0.05) is 41.4 Å². The van der Waals surface area contributed by atoms with E-state index >= 15 is 0 Å². The zero-order valence-corrected chi connectivity index (χ0v) is 12.9. The van der Waals surface area contributed by atoms with Crippen molar-refractivity contribution >= 4 is 65.7 Å². The summed E-state index contributed by atoms with van der Waals surface area (Å²) in [6.45, 7) is 0. The maximum Gasteiger partial charge on any atom is 0.126 e. The van der Waals surface area contributed by atoms with Crippen molar-refractivity contribution in [3.05, 3.63) is 52.0 Å². The molecular formula is C16H6Cl2N2S. The molecule has 4 aromatic rings. The minimum absolute atomic E-state index is 0.466. The van der Waals surface area contributed by atoms with Gasteiger partial charge in [0, 0.05) is 25.9 Å². The first-order chi connectivity index (χ1) is 10.2. The molecule has 2 nitrogen and oxygen atoms in total. The summed E-state index contributed by atoms with van der Waals surface area (Å²) in [5, 5.41) is 13.2. The summed E-state index contributed by atoms with van der Waals surface area (Å²) in [6.07, 6.45) is 0. The van der Waals surface area contributed by atoms with Gasteiger partial charge in [0.05, 0.1) is 16.1 Å². The Morgan fingerprint density at radius 3 is 2.71 bits per heavy atom. The number of hydrogen-bond acceptors (Lipinski definition) is 3. The van der Waals surface area contributed by atoms with Crippen LogP contribution in [-0.4, -0.2) is 4.98 Å². The summed E-state index contributed by atoms with van der Waals surface area (Å²) in [5.41, 5.74) is 1.20. The Morgan fingerprint density at radius 2 is 1.90 bits per heavy atom. The zero-order valence-electron chi connectivity index (χ0n) is 10.5. The van der Waals surface area contributed by atoms with E-state index in [1.54, 1.807) is 23.5 Å². The van der Waals surface area contributed by atoms with Gasteiger partial charge in [0.1, 0.15) is 10.9 Å². The number of hydrogen-bond donors (Lipinski definition) is 0. The van der Waals surface area contributed by atoms with E-state index in [1.807, 2.05) is 24.3 Å². The lowest BCUT2D eigenvalue weighted by atomic mass is 10.0. The number of rotatable bonds is 0. The molecule has 4 rings (SSSR count). The van der Waals surface area contributed by atoms with Gasteiger partial charge in [0.25, 0.3) is 0 Å². The Hall–Kier alpha value is -1.86. The van der Waals surface area contributed by atoms with E-state index in [0.29, 0.717) is 26.5 Å². The fourth-order valence-electron chi connectivity index (χ4n) is 2.58. The quantitative estimate of drug-likeness (QED) is 0.410. The lowest BCUT2D eigenvalue weighted by molar-refractivity contribution is 1.49. The van der Waals surface area contributed by atoms with Crippen molar-refractivity contribution in [1.29, 1.82) is 5.26 Å². The molecular weight excluding hydrogens is 323 g/mol. The molecule has 5 heteroatoms. The van der Waals surface area contributed by atoms with Crippen molar-refractivity contribution in [3.8, 4) is 6.07 Å². The molecule has 100 valence electrons. The van der Waals surface area contributed by atoms with Gasteiger partial charge in [-0.2, -0.15) is 5.26 Å². The van der Waals surface area contributed by atoms with Crippen LogP contribution in [-0.2, 0) is 0 Å². The first kappa shape index (κ1) is 12.8. The van der Waals surface area contributed by atoms with E-state index in [9.17, 15) is 5.26 Å². The third-order valence-electron chi connectivity index (χ3n) is 3.45. The number of aromatic nitrogens is 1. The molecule has 0 amide bonds. The minimum atomic E-state index is 0.466. The number of nitriles is 1. The molecule has 2 heterocycles. The largest absolute Gasteiger partial charge is 0.235 e. The van der Waals surface area contributed by atoms with Crippen molar-refractivity contribution in [2.45, 2.75) is 0 Å². The van der Waals surface area contributed by atoms with E-state index in [-0.39, 0.29) is 0 Å². The molecule has 0 radical (unpaired) electrons. The minimum Gasteiger partial charge on any atom is -0.235 e. The lowest BCUT2D eigenvalue weighted by Crippen LogP contribution is -1.87. The van der Waals surface area contributed by atoms with Crippen molar-refractivity contribution in [3.63, 3.8) is 0 Å². The summed E-state index contributed by atoms with van der Waals surface area (Å²) in [5.74, 6) is 0. The number of halogens is 2. The maximum absolute atomic E-state index is 9.63. The highest BCUT2D eigenvalue weighted by atomic mass is 35.5. The highest BCUT2D eigenvalue weighted by molar-refractivity contribution is 7.25. The fourth-order valence-corrected chi connectivity index (χ4v) is 4.20. The second-order valence-corrected chi connectivity index (χ2v) is 6.54. The third kappa shape index (κ3) is 1.81. The summed E-state index contributed by atoms with van der Waals surface area (Å²) in [7, 11) is 0. The molecule has 0 saturated carbocycles. The number of pyridine rings is 1. The molecule has 0 aliphatic heterocycles. The van der Waals surface area contributed by atoms with Gasteiger partial charge in [0.2, 0.25) is 0 Å². The molecule has 0 spiro atoms. The number of benzene rings is 2. The van der Waals surface area contributed by atoms with E-state index in [4.69, 9.17) is 23.2 Å². The molecule has 0 fully saturated rings. The Balaban J connectivity index is 2.36. The molecule has 0 N–H and O–H groups in total. The first-order valence-electron chi connectivity index (χ1n) is 6.19. The number of thiophene rings is 1. The summed E-state index contributed by atoms with van der Waals surface area (Å²) >= 11 is 13.9. The first-order valence-corrected chi connectivity index (χ1v) is 7.76. The maximum atomic E-state index is 9.63. The van der Waals surface area contributed by atoms with Gasteiger partial charge in [-0.15, -0.1) is 11.3 Å². The topological polar surface area (TPSA) is 36.7 Å². The molecule has 0 aliphatic rings. The highest BCUT2D eigenvalue weighted by Gasteiger charge is 2.16. The predicted octanol–water partition coefficient (Wildman–Crippen LogP) is 5.78. The van der Waals surface area contributed by atoms with Crippen LogP contribution in [0.3, 0.4) is 0 Å². The van der Waals surface area contributed by atoms with Gasteiger partial charge in [-0.25, -0.2) is 4.98 Å². The van der Waals surface area contributed by atoms with Gasteiger partial charge < -0.3 is 0 Å². The van der Waals surface area contributed by atoms with Gasteiger partial charge in [0.15, 0.2) is 0 Å². The van der Waals surface area contributed by atoms with Crippen LogP contribution in [0.5, 0.6) is 0 Å². The average Bonchev–Trinajstić information content (AvgIpc) is 2.84. The van der Waals surface area contributed by atoms with Crippen LogP contribution in [0.2, 0.25) is 10.0 Å². The zero-order chi connectivity index (χ0) is 14.6. The van der Waals surface area contributed by atoms with Crippen molar-refractivity contribution in [2.24, 2.45) is 0 Å². The Labute approximate surface area is 134 Å². The molecule has 0 saturated heterocycles. The molecule has 21 heavy (non-hydrogen) atoms. The van der Waals surface area contributed by atoms with Crippen LogP contribution in [0, 0.1) is 11.3 Å². The normalized spacial score (nSPS) is 11.3. The fraction of sp³-hybridized carbons (Fsp3) is 0. The molecule has 0 atom stereocenters. The molecule has 2 aromatic carbocycles. The van der Waals surface area contributed by atoms with Crippen LogP contribution in [0.4, 0.5) is 0 Å². The van der Waals surface area contributed by atoms with Gasteiger partial charge in [-0.05, 0) is 18.2 Å². The standard InChI is InChI=1S/C16H6Cl2N2S/c17-8-5-10-11(7-19)14-9-3-1-2-4-13(9)21-16(14)20-15(10)12(18)6-8/h1-6H. The van der Waals surface area contributed by atoms with E-state index in [0.717, 1.165) is 20.3 Å². The third-order valence-corrected chi connectivity index (χ3v) is 5.02. The van der Waals surface area contributed by atoms with Gasteiger partial charge in [-0.3, -0.25) is 0 Å². The van der Waals surface area contributed by atoms with Crippen LogP contribution >= 0.6 is 34.5 Å². The number of fused-ring (bicyclic) bond motifs is 4. The SMILES string of the molecule is N#Cc1c2cc(Cl)cc(Cl)c2nc2sc3ccccc3c12. The van der Waals surface area contributed by atoms with Crippen LogP contribution < -0.4 is 0 Å². The Kier molecular flexibility index (Phi) is 2.80. The molecule has 0 aliphatic carbocycles.